The normalized spacial score (nSPS) is 14.8. The van der Waals surface area contributed by atoms with Gasteiger partial charge in [0.1, 0.15) is 5.82 Å². The number of hydrogen-bond donors (Lipinski definition) is 0. The van der Waals surface area contributed by atoms with Gasteiger partial charge in [-0.3, -0.25) is 4.79 Å². The zero-order valence-electron chi connectivity index (χ0n) is 18.5. The maximum absolute atomic E-state index is 11.5. The fraction of sp³-hybridized carbons (Fsp3) is 0.385. The van der Waals surface area contributed by atoms with E-state index in [1.54, 1.807) is 0 Å². The summed E-state index contributed by atoms with van der Waals surface area (Å²) in [7, 11) is 0. The summed E-state index contributed by atoms with van der Waals surface area (Å²) >= 11 is 0. The van der Waals surface area contributed by atoms with Crippen molar-refractivity contribution in [2.24, 2.45) is 5.92 Å². The number of halogens is 1. The average molecular weight is 439 g/mol. The van der Waals surface area contributed by atoms with Crippen molar-refractivity contribution in [3.05, 3.63) is 66.1 Å². The minimum atomic E-state index is -0.0366. The van der Waals surface area contributed by atoms with Crippen molar-refractivity contribution in [2.45, 2.75) is 45.6 Å². The largest absolute Gasteiger partial charge is 0.381 e. The summed E-state index contributed by atoms with van der Waals surface area (Å²) in [4.78, 5) is 16.5. The third-order valence-electron chi connectivity index (χ3n) is 5.80. The number of nitrogens with zero attached hydrogens (tertiary/aromatic N) is 2. The maximum Gasteiger partial charge on any atom is 0.150 e. The molecule has 0 spiro atoms. The Labute approximate surface area is 191 Å². The molecule has 4 nitrogen and oxygen atoms in total. The zero-order valence-corrected chi connectivity index (χ0v) is 19.3. The van der Waals surface area contributed by atoms with E-state index >= 15 is 0 Å². The number of rotatable bonds is 5. The van der Waals surface area contributed by atoms with Gasteiger partial charge in [0.05, 0.1) is 5.69 Å². The summed E-state index contributed by atoms with van der Waals surface area (Å²) in [6.07, 6.45) is 5.33. The molecule has 1 fully saturated rings. The molecule has 2 aromatic carbocycles. The standard InChI is InChI=1S/C26H30N2O2.ClH/c1-26(2,3)25-27-24(17-28(25)16-19-11-13-30-14-12-19)21-9-6-8-20(15-21)23-10-5-4-7-22(23)18-29;/h4-10,15,17-19H,11-14,16H2,1-3H3;1H. The molecule has 3 aromatic rings. The summed E-state index contributed by atoms with van der Waals surface area (Å²) in [6.45, 7) is 9.35. The van der Waals surface area contributed by atoms with Crippen molar-refractivity contribution in [2.75, 3.05) is 13.2 Å². The van der Waals surface area contributed by atoms with Gasteiger partial charge in [0.15, 0.2) is 6.29 Å². The maximum atomic E-state index is 11.5. The van der Waals surface area contributed by atoms with Gasteiger partial charge in [0, 0.05) is 42.5 Å². The van der Waals surface area contributed by atoms with Crippen LogP contribution in [0.25, 0.3) is 22.4 Å². The number of benzene rings is 2. The first-order chi connectivity index (χ1) is 14.5. The highest BCUT2D eigenvalue weighted by Gasteiger charge is 2.24. The molecule has 4 rings (SSSR count). The second-order valence-electron chi connectivity index (χ2n) is 9.19. The molecular formula is C26H31ClN2O2. The fourth-order valence-electron chi connectivity index (χ4n) is 4.21. The molecule has 0 saturated carbocycles. The lowest BCUT2D eigenvalue weighted by Gasteiger charge is -2.25. The van der Waals surface area contributed by atoms with Crippen LogP contribution >= 0.6 is 12.4 Å². The monoisotopic (exact) mass is 438 g/mol. The molecule has 0 aliphatic carbocycles. The molecule has 0 radical (unpaired) electrons. The van der Waals surface area contributed by atoms with E-state index < -0.39 is 0 Å². The van der Waals surface area contributed by atoms with E-state index in [1.165, 1.54) is 0 Å². The van der Waals surface area contributed by atoms with Crippen LogP contribution in [0.2, 0.25) is 0 Å². The Morgan fingerprint density at radius 1 is 1.06 bits per heavy atom. The SMILES string of the molecule is CC(C)(C)c1nc(-c2cccc(-c3ccccc3C=O)c2)cn1CC1CCOCC1.Cl. The minimum Gasteiger partial charge on any atom is -0.381 e. The van der Waals surface area contributed by atoms with Crippen LogP contribution in [0.1, 0.15) is 49.8 Å². The first-order valence-corrected chi connectivity index (χ1v) is 10.8. The number of imidazole rings is 1. The van der Waals surface area contributed by atoms with Gasteiger partial charge < -0.3 is 9.30 Å². The third-order valence-corrected chi connectivity index (χ3v) is 5.80. The summed E-state index contributed by atoms with van der Waals surface area (Å²) < 4.78 is 7.88. The zero-order chi connectivity index (χ0) is 21.1. The van der Waals surface area contributed by atoms with Crippen LogP contribution in [0.4, 0.5) is 0 Å². The van der Waals surface area contributed by atoms with E-state index in [0.717, 1.165) is 67.1 Å². The quantitative estimate of drug-likeness (QED) is 0.447. The van der Waals surface area contributed by atoms with E-state index in [-0.39, 0.29) is 17.8 Å². The van der Waals surface area contributed by atoms with Crippen LogP contribution in [-0.2, 0) is 16.7 Å². The number of aromatic nitrogens is 2. The second kappa shape index (κ2) is 9.80. The highest BCUT2D eigenvalue weighted by atomic mass is 35.5. The lowest BCUT2D eigenvalue weighted by Crippen LogP contribution is -2.24. The highest BCUT2D eigenvalue weighted by Crippen LogP contribution is 2.31. The molecule has 0 bridgehead atoms. The Kier molecular flexibility index (Phi) is 7.34. The van der Waals surface area contributed by atoms with Gasteiger partial charge in [-0.15, -0.1) is 12.4 Å². The Balaban J connectivity index is 0.00000272. The predicted octanol–water partition coefficient (Wildman–Crippen LogP) is 6.18. The van der Waals surface area contributed by atoms with E-state index in [0.29, 0.717) is 11.5 Å². The molecule has 0 N–H and O–H groups in total. The van der Waals surface area contributed by atoms with E-state index in [9.17, 15) is 4.79 Å². The fourth-order valence-corrected chi connectivity index (χ4v) is 4.21. The van der Waals surface area contributed by atoms with Crippen molar-refractivity contribution in [3.8, 4) is 22.4 Å². The molecule has 0 unspecified atom stereocenters. The van der Waals surface area contributed by atoms with E-state index in [4.69, 9.17) is 9.72 Å². The molecule has 0 amide bonds. The Morgan fingerprint density at radius 2 is 1.77 bits per heavy atom. The van der Waals surface area contributed by atoms with Gasteiger partial charge in [0.2, 0.25) is 0 Å². The lowest BCUT2D eigenvalue weighted by molar-refractivity contribution is 0.0607. The van der Waals surface area contributed by atoms with Crippen molar-refractivity contribution < 1.29 is 9.53 Å². The van der Waals surface area contributed by atoms with Crippen molar-refractivity contribution in [3.63, 3.8) is 0 Å². The number of aldehydes is 1. The Morgan fingerprint density at radius 3 is 2.48 bits per heavy atom. The van der Waals surface area contributed by atoms with E-state index in [1.807, 2.05) is 30.3 Å². The van der Waals surface area contributed by atoms with Crippen LogP contribution < -0.4 is 0 Å². The molecule has 0 atom stereocenters. The smallest absolute Gasteiger partial charge is 0.150 e. The Hall–Kier alpha value is -2.43. The van der Waals surface area contributed by atoms with Gasteiger partial charge in [-0.05, 0) is 36.0 Å². The lowest BCUT2D eigenvalue weighted by atomic mass is 9.94. The summed E-state index contributed by atoms with van der Waals surface area (Å²) in [5, 5.41) is 0. The molecule has 1 saturated heterocycles. The topological polar surface area (TPSA) is 44.1 Å². The second-order valence-corrected chi connectivity index (χ2v) is 9.19. The molecule has 1 aromatic heterocycles. The van der Waals surface area contributed by atoms with Gasteiger partial charge in [0.25, 0.3) is 0 Å². The number of carbonyl (C=O) groups is 1. The molecule has 31 heavy (non-hydrogen) atoms. The molecular weight excluding hydrogens is 408 g/mol. The summed E-state index contributed by atoms with van der Waals surface area (Å²) in [5.74, 6) is 1.75. The van der Waals surface area contributed by atoms with Crippen molar-refractivity contribution >= 4 is 18.7 Å². The summed E-state index contributed by atoms with van der Waals surface area (Å²) in [5.41, 5.74) is 4.71. The van der Waals surface area contributed by atoms with E-state index in [2.05, 4.69) is 49.7 Å². The third kappa shape index (κ3) is 5.25. The molecule has 164 valence electrons. The van der Waals surface area contributed by atoms with Crippen LogP contribution in [0, 0.1) is 5.92 Å². The molecule has 1 aliphatic rings. The predicted molar refractivity (Wildman–Crippen MR) is 128 cm³/mol. The van der Waals surface area contributed by atoms with Crippen LogP contribution in [-0.4, -0.2) is 29.1 Å². The summed E-state index contributed by atoms with van der Waals surface area (Å²) in [6, 6.07) is 16.0. The van der Waals surface area contributed by atoms with Crippen LogP contribution in [0.3, 0.4) is 0 Å². The molecule has 2 heterocycles. The van der Waals surface area contributed by atoms with Gasteiger partial charge >= 0.3 is 0 Å². The van der Waals surface area contributed by atoms with Gasteiger partial charge in [-0.25, -0.2) is 4.98 Å². The first-order valence-electron chi connectivity index (χ1n) is 10.8. The van der Waals surface area contributed by atoms with Gasteiger partial charge in [-0.1, -0.05) is 63.2 Å². The molecule has 5 heteroatoms. The van der Waals surface area contributed by atoms with Crippen LogP contribution in [0.15, 0.2) is 54.7 Å². The van der Waals surface area contributed by atoms with Crippen molar-refractivity contribution in [1.82, 2.24) is 9.55 Å². The number of carbonyl (C=O) groups excluding carboxylic acids is 1. The average Bonchev–Trinajstić information content (AvgIpc) is 3.19. The minimum absolute atomic E-state index is 0. The number of hydrogen-bond acceptors (Lipinski definition) is 3. The first kappa shape index (κ1) is 23.2. The Bertz CT molecular complexity index is 1030. The highest BCUT2D eigenvalue weighted by molar-refractivity contribution is 5.88. The molecule has 1 aliphatic heterocycles. The van der Waals surface area contributed by atoms with Gasteiger partial charge in [-0.2, -0.15) is 0 Å². The number of ether oxygens (including phenoxy) is 1. The van der Waals surface area contributed by atoms with Crippen LogP contribution in [0.5, 0.6) is 0 Å². The van der Waals surface area contributed by atoms with Crippen molar-refractivity contribution in [1.29, 1.82) is 0 Å².